The average Bonchev–Trinajstić information content (AvgIpc) is 3.22. The Morgan fingerprint density at radius 1 is 1.18 bits per heavy atom. The molecule has 0 radical (unpaired) electrons. The number of morpholine rings is 1. The number of pyridine rings is 2. The minimum atomic E-state index is 0.509. The summed E-state index contributed by atoms with van der Waals surface area (Å²) in [7, 11) is 0. The van der Waals surface area contributed by atoms with Crippen LogP contribution in [0.5, 0.6) is 0 Å². The summed E-state index contributed by atoms with van der Waals surface area (Å²) in [6.45, 7) is 3.82. The van der Waals surface area contributed by atoms with E-state index >= 15 is 0 Å². The molecule has 1 aliphatic rings. The number of ether oxygens (including phenoxy) is 1. The van der Waals surface area contributed by atoms with Gasteiger partial charge in [-0.3, -0.25) is 4.98 Å². The van der Waals surface area contributed by atoms with Gasteiger partial charge < -0.3 is 20.7 Å². The summed E-state index contributed by atoms with van der Waals surface area (Å²) in [6, 6.07) is 6.15. The maximum Gasteiger partial charge on any atom is 0.188 e. The minimum absolute atomic E-state index is 0.509. The molecule has 0 amide bonds. The lowest BCUT2D eigenvalue weighted by Gasteiger charge is -2.28. The number of nitrogens with one attached hydrogen (secondary N) is 1. The van der Waals surface area contributed by atoms with Crippen LogP contribution in [0.4, 0.5) is 16.6 Å². The highest BCUT2D eigenvalue weighted by Crippen LogP contribution is 2.31. The van der Waals surface area contributed by atoms with Gasteiger partial charge in [0.15, 0.2) is 5.13 Å². The summed E-state index contributed by atoms with van der Waals surface area (Å²) < 4.78 is 5.43. The van der Waals surface area contributed by atoms with Crippen molar-refractivity contribution in [2.75, 3.05) is 43.1 Å². The predicted molar refractivity (Wildman–Crippen MR) is 114 cm³/mol. The molecular weight excluding hydrogens is 372 g/mol. The lowest BCUT2D eigenvalue weighted by molar-refractivity contribution is 0.122. The van der Waals surface area contributed by atoms with Crippen LogP contribution in [0, 0.1) is 0 Å². The third-order valence-electron chi connectivity index (χ3n) is 4.35. The van der Waals surface area contributed by atoms with Gasteiger partial charge in [-0.2, -0.15) is 0 Å². The lowest BCUT2D eigenvalue weighted by atomic mass is 10.2. The molecule has 4 rings (SSSR count). The first kappa shape index (κ1) is 18.5. The summed E-state index contributed by atoms with van der Waals surface area (Å²) in [5.41, 5.74) is 8.71. The summed E-state index contributed by atoms with van der Waals surface area (Å²) in [6.07, 6.45) is 11.2. The molecule has 3 N–H and O–H groups in total. The van der Waals surface area contributed by atoms with Crippen molar-refractivity contribution in [3.05, 3.63) is 54.6 Å². The number of anilines is 3. The molecule has 3 aromatic rings. The van der Waals surface area contributed by atoms with E-state index < -0.39 is 0 Å². The SMILES string of the molecule is NC/C=C/c1cncc(-c2cnc(Nc3cc(N4CCOCC4)ccn3)s2)c1. The van der Waals surface area contributed by atoms with Gasteiger partial charge in [-0.05, 0) is 17.7 Å². The predicted octanol–water partition coefficient (Wildman–Crippen LogP) is 3.15. The van der Waals surface area contributed by atoms with Crippen LogP contribution in [0.15, 0.2) is 49.1 Å². The van der Waals surface area contributed by atoms with Gasteiger partial charge >= 0.3 is 0 Å². The first-order valence-corrected chi connectivity index (χ1v) is 9.97. The van der Waals surface area contributed by atoms with Crippen molar-refractivity contribution < 1.29 is 4.74 Å². The van der Waals surface area contributed by atoms with Crippen LogP contribution < -0.4 is 16.0 Å². The molecule has 0 aliphatic carbocycles. The monoisotopic (exact) mass is 394 g/mol. The van der Waals surface area contributed by atoms with Crippen molar-refractivity contribution >= 4 is 34.0 Å². The van der Waals surface area contributed by atoms with Crippen LogP contribution in [-0.2, 0) is 4.74 Å². The summed E-state index contributed by atoms with van der Waals surface area (Å²) in [5.74, 6) is 0.780. The smallest absolute Gasteiger partial charge is 0.188 e. The molecule has 0 bridgehead atoms. The fourth-order valence-electron chi connectivity index (χ4n) is 2.97. The van der Waals surface area contributed by atoms with E-state index in [0.717, 1.165) is 58.9 Å². The highest BCUT2D eigenvalue weighted by molar-refractivity contribution is 7.18. The molecule has 28 heavy (non-hydrogen) atoms. The summed E-state index contributed by atoms with van der Waals surface area (Å²) >= 11 is 1.57. The Bertz CT molecular complexity index is 951. The van der Waals surface area contributed by atoms with Crippen molar-refractivity contribution in [1.29, 1.82) is 0 Å². The van der Waals surface area contributed by atoms with Crippen molar-refractivity contribution in [1.82, 2.24) is 15.0 Å². The van der Waals surface area contributed by atoms with E-state index in [2.05, 4.69) is 31.2 Å². The molecule has 7 nitrogen and oxygen atoms in total. The Morgan fingerprint density at radius 2 is 2.07 bits per heavy atom. The second kappa shape index (κ2) is 8.92. The zero-order chi connectivity index (χ0) is 19.2. The molecule has 3 aromatic heterocycles. The maximum atomic E-state index is 5.52. The Labute approximate surface area is 167 Å². The summed E-state index contributed by atoms with van der Waals surface area (Å²) in [5, 5.41) is 4.11. The highest BCUT2D eigenvalue weighted by Gasteiger charge is 2.12. The number of hydrogen-bond donors (Lipinski definition) is 2. The van der Waals surface area contributed by atoms with Crippen molar-refractivity contribution in [3.8, 4) is 10.4 Å². The fourth-order valence-corrected chi connectivity index (χ4v) is 3.77. The van der Waals surface area contributed by atoms with E-state index in [1.807, 2.05) is 49.1 Å². The van der Waals surface area contributed by atoms with Gasteiger partial charge in [-0.1, -0.05) is 23.5 Å². The fraction of sp³-hybridized carbons (Fsp3) is 0.250. The molecule has 0 aromatic carbocycles. The Morgan fingerprint density at radius 3 is 2.93 bits per heavy atom. The van der Waals surface area contributed by atoms with E-state index in [1.165, 1.54) is 0 Å². The summed E-state index contributed by atoms with van der Waals surface area (Å²) in [4.78, 5) is 16.6. The van der Waals surface area contributed by atoms with Gasteiger partial charge in [-0.25, -0.2) is 9.97 Å². The standard InChI is InChI=1S/C20H22N6OS/c21-4-1-2-15-10-16(13-22-12-15)18-14-24-20(28-18)25-19-11-17(3-5-23-19)26-6-8-27-9-7-26/h1-3,5,10-14H,4,6-9,21H2,(H,23,24,25)/b2-1+. The molecule has 0 unspecified atom stereocenters. The van der Waals surface area contributed by atoms with E-state index in [0.29, 0.717) is 6.54 Å². The number of nitrogens with zero attached hydrogens (tertiary/aromatic N) is 4. The van der Waals surface area contributed by atoms with E-state index in [-0.39, 0.29) is 0 Å². The van der Waals surface area contributed by atoms with E-state index in [1.54, 1.807) is 11.3 Å². The molecule has 0 atom stereocenters. The molecule has 1 saturated heterocycles. The number of thiazole rings is 1. The first-order valence-electron chi connectivity index (χ1n) is 9.15. The molecule has 0 saturated carbocycles. The third kappa shape index (κ3) is 4.53. The largest absolute Gasteiger partial charge is 0.378 e. The first-order chi connectivity index (χ1) is 13.8. The van der Waals surface area contributed by atoms with Gasteiger partial charge in [0, 0.05) is 61.7 Å². The Balaban J connectivity index is 1.49. The molecule has 0 spiro atoms. The number of aromatic nitrogens is 3. The van der Waals surface area contributed by atoms with E-state index in [4.69, 9.17) is 10.5 Å². The van der Waals surface area contributed by atoms with Crippen LogP contribution in [0.25, 0.3) is 16.5 Å². The third-order valence-corrected chi connectivity index (χ3v) is 5.31. The van der Waals surface area contributed by atoms with Crippen molar-refractivity contribution in [2.45, 2.75) is 0 Å². The number of hydrogen-bond acceptors (Lipinski definition) is 8. The van der Waals surface area contributed by atoms with Crippen LogP contribution in [0.3, 0.4) is 0 Å². The van der Waals surface area contributed by atoms with Gasteiger partial charge in [0.2, 0.25) is 0 Å². The molecule has 1 fully saturated rings. The molecule has 1 aliphatic heterocycles. The zero-order valence-electron chi connectivity index (χ0n) is 15.4. The average molecular weight is 395 g/mol. The quantitative estimate of drug-likeness (QED) is 0.664. The van der Waals surface area contributed by atoms with Crippen LogP contribution in [-0.4, -0.2) is 47.8 Å². The van der Waals surface area contributed by atoms with Crippen LogP contribution >= 0.6 is 11.3 Å². The molecule has 4 heterocycles. The normalized spacial score (nSPS) is 14.5. The van der Waals surface area contributed by atoms with Gasteiger partial charge in [0.25, 0.3) is 0 Å². The molecular formula is C20H22N6OS. The maximum absolute atomic E-state index is 5.52. The number of nitrogens with two attached hydrogens (primary N) is 1. The zero-order valence-corrected chi connectivity index (χ0v) is 16.2. The molecule has 144 valence electrons. The number of rotatable bonds is 6. The Hall–Kier alpha value is -2.81. The van der Waals surface area contributed by atoms with Gasteiger partial charge in [-0.15, -0.1) is 0 Å². The van der Waals surface area contributed by atoms with Crippen LogP contribution in [0.1, 0.15) is 5.56 Å². The van der Waals surface area contributed by atoms with Gasteiger partial charge in [0.1, 0.15) is 5.82 Å². The lowest BCUT2D eigenvalue weighted by Crippen LogP contribution is -2.36. The van der Waals surface area contributed by atoms with Gasteiger partial charge in [0.05, 0.1) is 18.1 Å². The second-order valence-corrected chi connectivity index (χ2v) is 7.33. The Kier molecular flexibility index (Phi) is 5.91. The highest BCUT2D eigenvalue weighted by atomic mass is 32.1. The van der Waals surface area contributed by atoms with Crippen LogP contribution in [0.2, 0.25) is 0 Å². The molecule has 8 heteroatoms. The topological polar surface area (TPSA) is 89.2 Å². The van der Waals surface area contributed by atoms with Crippen molar-refractivity contribution in [2.24, 2.45) is 5.73 Å². The second-order valence-electron chi connectivity index (χ2n) is 6.30. The van der Waals surface area contributed by atoms with E-state index in [9.17, 15) is 0 Å². The minimum Gasteiger partial charge on any atom is -0.378 e. The van der Waals surface area contributed by atoms with Crippen molar-refractivity contribution in [3.63, 3.8) is 0 Å².